The summed E-state index contributed by atoms with van der Waals surface area (Å²) in [6.07, 6.45) is 1.29. The van der Waals surface area contributed by atoms with Gasteiger partial charge < -0.3 is 10.1 Å². The number of rotatable bonds is 3. The Bertz CT molecular complexity index is 1220. The summed E-state index contributed by atoms with van der Waals surface area (Å²) in [7, 11) is 1.65. The highest BCUT2D eigenvalue weighted by molar-refractivity contribution is 6.00. The molecule has 0 radical (unpaired) electrons. The smallest absolute Gasteiger partial charge is 0.226 e. The topological polar surface area (TPSA) is 69.0 Å². The Morgan fingerprint density at radius 2 is 1.94 bits per heavy atom. The van der Waals surface area contributed by atoms with Crippen LogP contribution in [0.4, 0.5) is 5.95 Å². The summed E-state index contributed by atoms with van der Waals surface area (Å²) >= 11 is 0. The lowest BCUT2D eigenvalue weighted by atomic mass is 9.73. The molecule has 0 bridgehead atoms. The third kappa shape index (κ3) is 3.32. The van der Waals surface area contributed by atoms with Crippen LogP contribution in [-0.2, 0) is 4.79 Å². The molecule has 1 atom stereocenters. The number of benzene rings is 2. The van der Waals surface area contributed by atoms with Crippen molar-refractivity contribution in [3.63, 3.8) is 0 Å². The molecule has 0 spiro atoms. The van der Waals surface area contributed by atoms with E-state index in [-0.39, 0.29) is 17.2 Å². The van der Waals surface area contributed by atoms with Gasteiger partial charge >= 0.3 is 0 Å². The summed E-state index contributed by atoms with van der Waals surface area (Å²) in [5.41, 5.74) is 4.61. The summed E-state index contributed by atoms with van der Waals surface area (Å²) in [4.78, 5) is 18.2. The summed E-state index contributed by atoms with van der Waals surface area (Å²) in [6, 6.07) is 15.6. The molecule has 1 unspecified atom stereocenters. The molecule has 1 aromatic heterocycles. The first-order valence-corrected chi connectivity index (χ1v) is 10.6. The van der Waals surface area contributed by atoms with Gasteiger partial charge in [0.25, 0.3) is 0 Å². The molecular weight excluding hydrogens is 388 g/mol. The molecule has 1 aliphatic heterocycles. The molecule has 0 fully saturated rings. The molecule has 158 valence electrons. The van der Waals surface area contributed by atoms with Crippen LogP contribution in [0, 0.1) is 12.3 Å². The number of Topliss-reactive ketones (excluding diaryl/α,β-unsaturated/α-hetero) is 1. The van der Waals surface area contributed by atoms with Crippen LogP contribution in [0.15, 0.2) is 59.8 Å². The predicted molar refractivity (Wildman–Crippen MR) is 120 cm³/mol. The van der Waals surface area contributed by atoms with Gasteiger partial charge in [0.2, 0.25) is 5.95 Å². The maximum absolute atomic E-state index is 13.4. The van der Waals surface area contributed by atoms with E-state index in [1.165, 1.54) is 0 Å². The lowest BCUT2D eigenvalue weighted by molar-refractivity contribution is -0.118. The average Bonchev–Trinajstić information content (AvgIpc) is 3.15. The van der Waals surface area contributed by atoms with Crippen molar-refractivity contribution in [3.05, 3.63) is 70.9 Å². The van der Waals surface area contributed by atoms with Gasteiger partial charge in [0, 0.05) is 28.8 Å². The van der Waals surface area contributed by atoms with Gasteiger partial charge in [0.1, 0.15) is 11.8 Å². The molecule has 0 amide bonds. The van der Waals surface area contributed by atoms with Gasteiger partial charge in [-0.3, -0.25) is 4.79 Å². The molecule has 2 heterocycles. The summed E-state index contributed by atoms with van der Waals surface area (Å²) in [5, 5.41) is 8.29. The highest BCUT2D eigenvalue weighted by atomic mass is 16.5. The lowest BCUT2D eigenvalue weighted by Gasteiger charge is -2.38. The Hall–Kier alpha value is -3.41. The number of anilines is 1. The number of ether oxygens (including phenoxy) is 1. The predicted octanol–water partition coefficient (Wildman–Crippen LogP) is 4.92. The Kier molecular flexibility index (Phi) is 4.46. The van der Waals surface area contributed by atoms with Gasteiger partial charge in [-0.2, -0.15) is 4.98 Å². The maximum atomic E-state index is 13.4. The van der Waals surface area contributed by atoms with Crippen molar-refractivity contribution in [2.45, 2.75) is 39.7 Å². The quantitative estimate of drug-likeness (QED) is 0.659. The van der Waals surface area contributed by atoms with Crippen LogP contribution in [0.2, 0.25) is 0 Å². The number of nitrogens with zero attached hydrogens (tertiary/aromatic N) is 3. The number of hydrogen-bond donors (Lipinski definition) is 1. The van der Waals surface area contributed by atoms with E-state index in [1.54, 1.807) is 7.11 Å². The molecule has 31 heavy (non-hydrogen) atoms. The zero-order valence-corrected chi connectivity index (χ0v) is 18.3. The van der Waals surface area contributed by atoms with Crippen molar-refractivity contribution in [3.8, 4) is 17.1 Å². The molecule has 0 saturated heterocycles. The van der Waals surface area contributed by atoms with E-state index < -0.39 is 0 Å². The van der Waals surface area contributed by atoms with Crippen molar-refractivity contribution in [2.24, 2.45) is 5.41 Å². The number of methoxy groups -OCH3 is 1. The van der Waals surface area contributed by atoms with Gasteiger partial charge in [0.15, 0.2) is 11.6 Å². The fraction of sp³-hybridized carbons (Fsp3) is 0.320. The minimum absolute atomic E-state index is 0.101. The number of hydrogen-bond acceptors (Lipinski definition) is 5. The van der Waals surface area contributed by atoms with Crippen LogP contribution in [0.25, 0.3) is 11.4 Å². The van der Waals surface area contributed by atoms with Crippen molar-refractivity contribution >= 4 is 11.7 Å². The molecule has 1 N–H and O–H groups in total. The van der Waals surface area contributed by atoms with Crippen LogP contribution < -0.4 is 10.1 Å². The van der Waals surface area contributed by atoms with Crippen molar-refractivity contribution in [1.29, 1.82) is 0 Å². The Morgan fingerprint density at radius 1 is 1.13 bits per heavy atom. The number of aryl methyl sites for hydroxylation is 1. The molecule has 6 heteroatoms. The Labute approximate surface area is 182 Å². The largest absolute Gasteiger partial charge is 0.496 e. The maximum Gasteiger partial charge on any atom is 0.226 e. The number of para-hydroxylation sites is 1. The SMILES string of the molecule is COc1ccccc1C1C2=C(CC(C)(C)CC2=O)Nc2nc(-c3cccc(C)c3)nn21. The zero-order chi connectivity index (χ0) is 21.8. The molecule has 1 aliphatic carbocycles. The van der Waals surface area contributed by atoms with E-state index in [9.17, 15) is 4.79 Å². The van der Waals surface area contributed by atoms with E-state index in [4.69, 9.17) is 14.8 Å². The fourth-order valence-corrected chi connectivity index (χ4v) is 4.70. The van der Waals surface area contributed by atoms with Crippen molar-refractivity contribution in [2.75, 3.05) is 12.4 Å². The molecule has 3 aromatic rings. The van der Waals surface area contributed by atoms with Crippen LogP contribution in [-0.4, -0.2) is 27.7 Å². The second kappa shape index (κ2) is 7.08. The summed E-state index contributed by atoms with van der Waals surface area (Å²) in [6.45, 7) is 6.31. The summed E-state index contributed by atoms with van der Waals surface area (Å²) < 4.78 is 7.50. The minimum Gasteiger partial charge on any atom is -0.496 e. The van der Waals surface area contributed by atoms with E-state index in [2.05, 4.69) is 38.2 Å². The second-order valence-electron chi connectivity index (χ2n) is 9.18. The zero-order valence-electron chi connectivity index (χ0n) is 18.3. The monoisotopic (exact) mass is 414 g/mol. The number of carbonyl (C=O) groups excluding carboxylic acids is 1. The van der Waals surface area contributed by atoms with Crippen LogP contribution in [0.1, 0.15) is 43.9 Å². The number of allylic oxidation sites excluding steroid dienone is 2. The molecule has 0 saturated carbocycles. The third-order valence-electron chi connectivity index (χ3n) is 6.04. The third-order valence-corrected chi connectivity index (χ3v) is 6.04. The molecule has 6 nitrogen and oxygen atoms in total. The number of nitrogens with one attached hydrogen (secondary N) is 1. The molecular formula is C25H26N4O2. The first-order valence-electron chi connectivity index (χ1n) is 10.6. The van der Waals surface area contributed by atoms with Crippen LogP contribution >= 0.6 is 0 Å². The van der Waals surface area contributed by atoms with Gasteiger partial charge in [-0.05, 0) is 30.9 Å². The second-order valence-corrected chi connectivity index (χ2v) is 9.18. The normalized spacial score (nSPS) is 19.5. The number of aromatic nitrogens is 3. The van der Waals surface area contributed by atoms with Gasteiger partial charge in [-0.25, -0.2) is 4.68 Å². The van der Waals surface area contributed by atoms with Crippen molar-refractivity contribution in [1.82, 2.24) is 14.8 Å². The lowest BCUT2D eigenvalue weighted by Crippen LogP contribution is -2.36. The fourth-order valence-electron chi connectivity index (χ4n) is 4.70. The van der Waals surface area contributed by atoms with E-state index >= 15 is 0 Å². The van der Waals surface area contributed by atoms with E-state index in [0.717, 1.165) is 40.1 Å². The molecule has 2 aliphatic rings. The number of carbonyl (C=O) groups is 1. The van der Waals surface area contributed by atoms with Gasteiger partial charge in [-0.15, -0.1) is 5.10 Å². The van der Waals surface area contributed by atoms with Crippen LogP contribution in [0.5, 0.6) is 5.75 Å². The number of ketones is 1. The summed E-state index contributed by atoms with van der Waals surface area (Å²) in [5.74, 6) is 2.17. The minimum atomic E-state index is -0.378. The standard InChI is InChI=1S/C25H26N4O2/c1-15-8-7-9-16(12-15)23-27-24-26-18-13-25(2,3)14-19(30)21(18)22(29(24)28-23)17-10-5-6-11-20(17)31-4/h5-12,22H,13-14H2,1-4H3,(H,26,27,28). The molecule has 5 rings (SSSR count). The first-order chi connectivity index (χ1) is 14.9. The number of fused-ring (bicyclic) bond motifs is 1. The van der Waals surface area contributed by atoms with E-state index in [1.807, 2.05) is 41.1 Å². The average molecular weight is 415 g/mol. The van der Waals surface area contributed by atoms with Crippen molar-refractivity contribution < 1.29 is 9.53 Å². The van der Waals surface area contributed by atoms with E-state index in [0.29, 0.717) is 18.2 Å². The van der Waals surface area contributed by atoms with Gasteiger partial charge in [-0.1, -0.05) is 55.8 Å². The highest BCUT2D eigenvalue weighted by Gasteiger charge is 2.42. The molecule has 2 aromatic carbocycles. The van der Waals surface area contributed by atoms with Gasteiger partial charge in [0.05, 0.1) is 7.11 Å². The Morgan fingerprint density at radius 3 is 2.71 bits per heavy atom. The highest BCUT2D eigenvalue weighted by Crippen LogP contribution is 2.47. The first kappa shape index (κ1) is 19.5. The Balaban J connectivity index is 1.72. The van der Waals surface area contributed by atoms with Crippen LogP contribution in [0.3, 0.4) is 0 Å².